The predicted molar refractivity (Wildman–Crippen MR) is 114 cm³/mol. The highest BCUT2D eigenvalue weighted by Crippen LogP contribution is 2.21. The van der Waals surface area contributed by atoms with Crippen molar-refractivity contribution >= 4 is 41.7 Å². The summed E-state index contributed by atoms with van der Waals surface area (Å²) in [7, 11) is 3.51. The molecule has 0 aliphatic rings. The van der Waals surface area contributed by atoms with Gasteiger partial charge in [-0.2, -0.15) is 11.8 Å². The quantitative estimate of drug-likeness (QED) is 0.260. The van der Waals surface area contributed by atoms with Gasteiger partial charge in [-0.3, -0.25) is 4.99 Å². The van der Waals surface area contributed by atoms with Crippen molar-refractivity contribution in [1.29, 1.82) is 0 Å². The molecule has 0 radical (unpaired) electrons. The van der Waals surface area contributed by atoms with E-state index >= 15 is 0 Å². The normalized spacial score (nSPS) is 12.3. The molecule has 0 bridgehead atoms. The lowest BCUT2D eigenvalue weighted by molar-refractivity contribution is 0.414. The first-order valence-electron chi connectivity index (χ1n) is 7.78. The minimum atomic E-state index is 0. The van der Waals surface area contributed by atoms with Crippen molar-refractivity contribution in [2.75, 3.05) is 39.3 Å². The molecule has 0 saturated carbocycles. The average molecular weight is 451 g/mol. The molecule has 1 aromatic carbocycles. The second-order valence-corrected chi connectivity index (χ2v) is 6.22. The highest BCUT2D eigenvalue weighted by atomic mass is 127. The molecule has 1 unspecified atom stereocenters. The van der Waals surface area contributed by atoms with Gasteiger partial charge < -0.3 is 15.4 Å². The molecule has 6 heteroatoms. The van der Waals surface area contributed by atoms with Crippen molar-refractivity contribution in [3.8, 4) is 5.75 Å². The van der Waals surface area contributed by atoms with E-state index in [4.69, 9.17) is 4.74 Å². The number of nitrogens with one attached hydrogen (secondary N) is 2. The standard InChI is InChI=1S/C17H29N3OS.HI/c1-14(15-6-8-16(21-3)9-7-15)10-12-20-17(18-2)19-11-5-13-22-4;/h6-9,14H,5,10-13H2,1-4H3,(H2,18,19,20);1H. The molecule has 0 amide bonds. The molecule has 0 aromatic heterocycles. The van der Waals surface area contributed by atoms with E-state index < -0.39 is 0 Å². The second-order valence-electron chi connectivity index (χ2n) is 5.24. The highest BCUT2D eigenvalue weighted by Gasteiger charge is 2.06. The third kappa shape index (κ3) is 9.30. The van der Waals surface area contributed by atoms with Crippen LogP contribution in [0.5, 0.6) is 5.75 Å². The SMILES string of the molecule is CN=C(NCCCSC)NCCC(C)c1ccc(OC)cc1.I. The van der Waals surface area contributed by atoms with E-state index in [0.717, 1.165) is 37.6 Å². The lowest BCUT2D eigenvalue weighted by atomic mass is 9.98. The van der Waals surface area contributed by atoms with Crippen LogP contribution in [0.3, 0.4) is 0 Å². The molecule has 4 nitrogen and oxygen atoms in total. The monoisotopic (exact) mass is 451 g/mol. The van der Waals surface area contributed by atoms with E-state index in [1.54, 1.807) is 7.11 Å². The van der Waals surface area contributed by atoms with Gasteiger partial charge in [-0.15, -0.1) is 24.0 Å². The summed E-state index contributed by atoms with van der Waals surface area (Å²) in [6.45, 7) is 4.13. The Hall–Kier alpha value is -0.630. The number of thioether (sulfide) groups is 1. The molecule has 0 aliphatic heterocycles. The van der Waals surface area contributed by atoms with Crippen LogP contribution in [-0.2, 0) is 0 Å². The van der Waals surface area contributed by atoms with Crippen LogP contribution < -0.4 is 15.4 Å². The molecule has 0 fully saturated rings. The first kappa shape index (κ1) is 22.4. The highest BCUT2D eigenvalue weighted by molar-refractivity contribution is 14.0. The molecule has 0 saturated heterocycles. The first-order chi connectivity index (χ1) is 10.7. The Labute approximate surface area is 162 Å². The van der Waals surface area contributed by atoms with Gasteiger partial charge >= 0.3 is 0 Å². The molecule has 2 N–H and O–H groups in total. The van der Waals surface area contributed by atoms with Gasteiger partial charge in [0.25, 0.3) is 0 Å². The van der Waals surface area contributed by atoms with Crippen LogP contribution in [0.1, 0.15) is 31.2 Å². The number of hydrogen-bond donors (Lipinski definition) is 2. The lowest BCUT2D eigenvalue weighted by Crippen LogP contribution is -2.38. The van der Waals surface area contributed by atoms with Crippen LogP contribution >= 0.6 is 35.7 Å². The van der Waals surface area contributed by atoms with E-state index in [2.05, 4.69) is 40.9 Å². The van der Waals surface area contributed by atoms with Crippen LogP contribution in [0.15, 0.2) is 29.3 Å². The Morgan fingerprint density at radius 1 is 1.22 bits per heavy atom. The molecule has 132 valence electrons. The topological polar surface area (TPSA) is 45.7 Å². The van der Waals surface area contributed by atoms with E-state index in [1.165, 1.54) is 11.3 Å². The smallest absolute Gasteiger partial charge is 0.190 e. The Bertz CT molecular complexity index is 440. The minimum absolute atomic E-state index is 0. The van der Waals surface area contributed by atoms with Gasteiger partial charge in [0, 0.05) is 20.1 Å². The van der Waals surface area contributed by atoms with Crippen molar-refractivity contribution in [3.05, 3.63) is 29.8 Å². The zero-order chi connectivity index (χ0) is 16.2. The van der Waals surface area contributed by atoms with Gasteiger partial charge in [0.05, 0.1) is 7.11 Å². The van der Waals surface area contributed by atoms with Crippen LogP contribution in [0.2, 0.25) is 0 Å². The summed E-state index contributed by atoms with van der Waals surface area (Å²) in [5, 5.41) is 6.72. The molecule has 0 heterocycles. The van der Waals surface area contributed by atoms with Gasteiger partial charge in [-0.1, -0.05) is 19.1 Å². The zero-order valence-corrected chi connectivity index (χ0v) is 17.7. The Morgan fingerprint density at radius 2 is 1.87 bits per heavy atom. The molecule has 1 atom stereocenters. The maximum Gasteiger partial charge on any atom is 0.190 e. The number of benzene rings is 1. The first-order valence-corrected chi connectivity index (χ1v) is 9.18. The maximum atomic E-state index is 5.19. The van der Waals surface area contributed by atoms with Crippen LogP contribution in [0.25, 0.3) is 0 Å². The zero-order valence-electron chi connectivity index (χ0n) is 14.6. The minimum Gasteiger partial charge on any atom is -0.497 e. The summed E-state index contributed by atoms with van der Waals surface area (Å²) in [5.41, 5.74) is 1.34. The number of aliphatic imine (C=N–C) groups is 1. The summed E-state index contributed by atoms with van der Waals surface area (Å²) in [6.07, 6.45) is 4.36. The van der Waals surface area contributed by atoms with Crippen LogP contribution in [0.4, 0.5) is 0 Å². The van der Waals surface area contributed by atoms with Crippen molar-refractivity contribution in [2.24, 2.45) is 4.99 Å². The summed E-state index contributed by atoms with van der Waals surface area (Å²) < 4.78 is 5.19. The summed E-state index contributed by atoms with van der Waals surface area (Å²) in [4.78, 5) is 4.25. The third-order valence-corrected chi connectivity index (χ3v) is 4.29. The van der Waals surface area contributed by atoms with E-state index in [9.17, 15) is 0 Å². The third-order valence-electron chi connectivity index (χ3n) is 3.60. The number of halogens is 1. The maximum absolute atomic E-state index is 5.19. The number of guanidine groups is 1. The van der Waals surface area contributed by atoms with Gasteiger partial charge in [-0.05, 0) is 48.5 Å². The number of hydrogen-bond acceptors (Lipinski definition) is 3. The molecule has 1 aromatic rings. The predicted octanol–water partition coefficient (Wildman–Crippen LogP) is 3.72. The molecular formula is C17H30IN3OS. The van der Waals surface area contributed by atoms with Gasteiger partial charge in [0.15, 0.2) is 5.96 Å². The largest absolute Gasteiger partial charge is 0.497 e. The van der Waals surface area contributed by atoms with Crippen molar-refractivity contribution in [3.63, 3.8) is 0 Å². The number of ether oxygens (including phenoxy) is 1. The number of nitrogens with zero attached hydrogens (tertiary/aromatic N) is 1. The summed E-state index contributed by atoms with van der Waals surface area (Å²) >= 11 is 1.87. The van der Waals surface area contributed by atoms with Gasteiger partial charge in [-0.25, -0.2) is 0 Å². The fraction of sp³-hybridized carbons (Fsp3) is 0.588. The fourth-order valence-corrected chi connectivity index (χ4v) is 2.58. The lowest BCUT2D eigenvalue weighted by Gasteiger charge is -2.15. The fourth-order valence-electron chi connectivity index (χ4n) is 2.15. The van der Waals surface area contributed by atoms with Crippen LogP contribution in [0, 0.1) is 0 Å². The number of rotatable bonds is 9. The summed E-state index contributed by atoms with van der Waals surface area (Å²) in [6, 6.07) is 8.31. The van der Waals surface area contributed by atoms with Crippen molar-refractivity contribution < 1.29 is 4.74 Å². The van der Waals surface area contributed by atoms with E-state index in [0.29, 0.717) is 5.92 Å². The molecular weight excluding hydrogens is 421 g/mol. The van der Waals surface area contributed by atoms with Gasteiger partial charge in [0.1, 0.15) is 5.75 Å². The Morgan fingerprint density at radius 3 is 2.43 bits per heavy atom. The Kier molecular flexibility index (Phi) is 13.4. The molecule has 0 spiro atoms. The van der Waals surface area contributed by atoms with E-state index in [1.807, 2.05) is 30.9 Å². The second kappa shape index (κ2) is 13.8. The van der Waals surface area contributed by atoms with E-state index in [-0.39, 0.29) is 24.0 Å². The van der Waals surface area contributed by atoms with Crippen LogP contribution in [-0.4, -0.2) is 45.2 Å². The molecule has 1 rings (SSSR count). The molecule has 0 aliphatic carbocycles. The number of methoxy groups -OCH3 is 1. The molecule has 23 heavy (non-hydrogen) atoms. The Balaban J connectivity index is 0.00000484. The van der Waals surface area contributed by atoms with Crippen molar-refractivity contribution in [2.45, 2.75) is 25.7 Å². The summed E-state index contributed by atoms with van der Waals surface area (Å²) in [5.74, 6) is 3.48. The van der Waals surface area contributed by atoms with Crippen molar-refractivity contribution in [1.82, 2.24) is 10.6 Å². The van der Waals surface area contributed by atoms with Gasteiger partial charge in [0.2, 0.25) is 0 Å². The average Bonchev–Trinajstić information content (AvgIpc) is 2.57.